The van der Waals surface area contributed by atoms with E-state index in [1.54, 1.807) is 0 Å². The molecular weight excluding hydrogens is 376 g/mol. The summed E-state index contributed by atoms with van der Waals surface area (Å²) in [5.41, 5.74) is 2.42. The molecule has 136 valence electrons. The molecule has 1 aliphatic rings. The SMILES string of the molecule is Brc1cccc(N2CCN(CCNCc3ccccn3)CC2)c1.CC. The van der Waals surface area contributed by atoms with Gasteiger partial charge in [-0.15, -0.1) is 0 Å². The van der Waals surface area contributed by atoms with E-state index in [0.29, 0.717) is 0 Å². The predicted molar refractivity (Wildman–Crippen MR) is 110 cm³/mol. The largest absolute Gasteiger partial charge is 0.369 e. The maximum Gasteiger partial charge on any atom is 0.0541 e. The van der Waals surface area contributed by atoms with Crippen LogP contribution in [0.5, 0.6) is 0 Å². The van der Waals surface area contributed by atoms with Crippen LogP contribution in [0.2, 0.25) is 0 Å². The molecule has 0 radical (unpaired) electrons. The third-order valence-electron chi connectivity index (χ3n) is 4.18. The van der Waals surface area contributed by atoms with Gasteiger partial charge in [-0.05, 0) is 30.3 Å². The fourth-order valence-electron chi connectivity index (χ4n) is 2.86. The van der Waals surface area contributed by atoms with Gasteiger partial charge in [-0.1, -0.05) is 41.9 Å². The van der Waals surface area contributed by atoms with E-state index in [4.69, 9.17) is 0 Å². The van der Waals surface area contributed by atoms with E-state index < -0.39 is 0 Å². The van der Waals surface area contributed by atoms with Gasteiger partial charge >= 0.3 is 0 Å². The van der Waals surface area contributed by atoms with E-state index in [-0.39, 0.29) is 0 Å². The molecule has 2 aromatic rings. The van der Waals surface area contributed by atoms with Crippen LogP contribution >= 0.6 is 15.9 Å². The molecule has 1 N–H and O–H groups in total. The smallest absolute Gasteiger partial charge is 0.0541 e. The van der Waals surface area contributed by atoms with Gasteiger partial charge in [0.05, 0.1) is 5.69 Å². The Labute approximate surface area is 160 Å². The molecule has 25 heavy (non-hydrogen) atoms. The predicted octanol–water partition coefficient (Wildman–Crippen LogP) is 3.78. The minimum absolute atomic E-state index is 0.846. The monoisotopic (exact) mass is 404 g/mol. The van der Waals surface area contributed by atoms with E-state index in [2.05, 4.69) is 66.4 Å². The number of nitrogens with one attached hydrogen (secondary N) is 1. The fraction of sp³-hybridized carbons (Fsp3) is 0.450. The highest BCUT2D eigenvalue weighted by Gasteiger charge is 2.16. The van der Waals surface area contributed by atoms with Gasteiger partial charge in [0, 0.05) is 62.2 Å². The highest BCUT2D eigenvalue weighted by Crippen LogP contribution is 2.20. The van der Waals surface area contributed by atoms with Crippen LogP contribution in [0.3, 0.4) is 0 Å². The first-order valence-corrected chi connectivity index (χ1v) is 9.94. The van der Waals surface area contributed by atoms with Gasteiger partial charge < -0.3 is 10.2 Å². The Morgan fingerprint density at radius 2 is 1.84 bits per heavy atom. The van der Waals surface area contributed by atoms with Crippen molar-refractivity contribution in [1.82, 2.24) is 15.2 Å². The van der Waals surface area contributed by atoms with E-state index >= 15 is 0 Å². The van der Waals surface area contributed by atoms with Crippen molar-refractivity contribution < 1.29 is 0 Å². The molecule has 0 aliphatic carbocycles. The van der Waals surface area contributed by atoms with Crippen molar-refractivity contribution in [2.24, 2.45) is 0 Å². The lowest BCUT2D eigenvalue weighted by Gasteiger charge is -2.36. The molecule has 5 heteroatoms. The molecule has 0 unspecified atom stereocenters. The first-order valence-electron chi connectivity index (χ1n) is 9.15. The molecular formula is C20H29BrN4. The quantitative estimate of drug-likeness (QED) is 0.742. The Morgan fingerprint density at radius 3 is 2.52 bits per heavy atom. The number of anilines is 1. The molecule has 1 aliphatic heterocycles. The zero-order valence-corrected chi connectivity index (χ0v) is 16.9. The first-order chi connectivity index (χ1) is 12.3. The molecule has 0 saturated carbocycles. The Bertz CT molecular complexity index is 598. The normalized spacial score (nSPS) is 14.8. The average Bonchev–Trinajstić information content (AvgIpc) is 2.68. The summed E-state index contributed by atoms with van der Waals surface area (Å²) in [4.78, 5) is 9.32. The second-order valence-electron chi connectivity index (χ2n) is 5.81. The van der Waals surface area contributed by atoms with Crippen molar-refractivity contribution >= 4 is 21.6 Å². The lowest BCUT2D eigenvalue weighted by molar-refractivity contribution is 0.257. The topological polar surface area (TPSA) is 31.4 Å². The number of aromatic nitrogens is 1. The molecule has 1 fully saturated rings. The zero-order valence-electron chi connectivity index (χ0n) is 15.3. The minimum Gasteiger partial charge on any atom is -0.369 e. The van der Waals surface area contributed by atoms with Crippen molar-refractivity contribution in [1.29, 1.82) is 0 Å². The fourth-order valence-corrected chi connectivity index (χ4v) is 3.25. The summed E-state index contributed by atoms with van der Waals surface area (Å²) in [5.74, 6) is 0. The lowest BCUT2D eigenvalue weighted by Crippen LogP contribution is -2.48. The summed E-state index contributed by atoms with van der Waals surface area (Å²) < 4.78 is 1.15. The number of halogens is 1. The Kier molecular flexibility index (Phi) is 8.94. The van der Waals surface area contributed by atoms with E-state index in [0.717, 1.165) is 56.0 Å². The molecule has 0 spiro atoms. The lowest BCUT2D eigenvalue weighted by atomic mass is 10.2. The van der Waals surface area contributed by atoms with Crippen molar-refractivity contribution in [3.05, 3.63) is 58.8 Å². The third-order valence-corrected chi connectivity index (χ3v) is 4.68. The number of hydrogen-bond acceptors (Lipinski definition) is 4. The van der Waals surface area contributed by atoms with Crippen LogP contribution in [0.4, 0.5) is 5.69 Å². The van der Waals surface area contributed by atoms with Gasteiger partial charge in [-0.3, -0.25) is 9.88 Å². The van der Waals surface area contributed by atoms with Gasteiger partial charge in [0.1, 0.15) is 0 Å². The second-order valence-corrected chi connectivity index (χ2v) is 6.72. The highest BCUT2D eigenvalue weighted by molar-refractivity contribution is 9.10. The Hall–Kier alpha value is -1.43. The van der Waals surface area contributed by atoms with Crippen LogP contribution < -0.4 is 10.2 Å². The van der Waals surface area contributed by atoms with E-state index in [1.165, 1.54) is 5.69 Å². The molecule has 1 saturated heterocycles. The molecule has 0 bridgehead atoms. The van der Waals surface area contributed by atoms with Crippen molar-refractivity contribution in [3.63, 3.8) is 0 Å². The highest BCUT2D eigenvalue weighted by atomic mass is 79.9. The van der Waals surface area contributed by atoms with Crippen LogP contribution in [0, 0.1) is 0 Å². The summed E-state index contributed by atoms with van der Waals surface area (Å²) >= 11 is 3.55. The maximum absolute atomic E-state index is 4.33. The van der Waals surface area contributed by atoms with Crippen molar-refractivity contribution in [2.45, 2.75) is 20.4 Å². The van der Waals surface area contributed by atoms with Gasteiger partial charge in [0.25, 0.3) is 0 Å². The molecule has 2 heterocycles. The first kappa shape index (κ1) is 19.9. The molecule has 1 aromatic carbocycles. The number of rotatable bonds is 6. The van der Waals surface area contributed by atoms with Crippen LogP contribution in [0.15, 0.2) is 53.1 Å². The molecule has 1 aromatic heterocycles. The van der Waals surface area contributed by atoms with Crippen LogP contribution in [-0.2, 0) is 6.54 Å². The average molecular weight is 405 g/mol. The van der Waals surface area contributed by atoms with Gasteiger partial charge in [-0.25, -0.2) is 0 Å². The maximum atomic E-state index is 4.33. The number of nitrogens with zero attached hydrogens (tertiary/aromatic N) is 3. The summed E-state index contributed by atoms with van der Waals surface area (Å²) in [5, 5.41) is 3.48. The minimum atomic E-state index is 0.846. The molecule has 0 amide bonds. The number of benzene rings is 1. The van der Waals surface area contributed by atoms with Crippen molar-refractivity contribution in [2.75, 3.05) is 44.2 Å². The Balaban J connectivity index is 0.00000109. The summed E-state index contributed by atoms with van der Waals surface area (Å²) in [6.45, 7) is 11.4. The van der Waals surface area contributed by atoms with Crippen LogP contribution in [0.1, 0.15) is 19.5 Å². The van der Waals surface area contributed by atoms with Crippen molar-refractivity contribution in [3.8, 4) is 0 Å². The Morgan fingerprint density at radius 1 is 1.04 bits per heavy atom. The van der Waals surface area contributed by atoms with Gasteiger partial charge in [0.15, 0.2) is 0 Å². The van der Waals surface area contributed by atoms with Crippen LogP contribution in [-0.4, -0.2) is 49.2 Å². The summed E-state index contributed by atoms with van der Waals surface area (Å²) in [7, 11) is 0. The standard InChI is InChI=1S/C18H23BrN4.C2H6/c19-16-4-3-6-18(14-16)23-12-10-22(11-13-23)9-8-20-15-17-5-1-2-7-21-17;1-2/h1-7,14,20H,8-13,15H2;1-2H3. The summed E-state index contributed by atoms with van der Waals surface area (Å²) in [6, 6.07) is 14.6. The van der Waals surface area contributed by atoms with Gasteiger partial charge in [-0.2, -0.15) is 0 Å². The number of piperazine rings is 1. The second kappa shape index (κ2) is 11.2. The van der Waals surface area contributed by atoms with Gasteiger partial charge in [0.2, 0.25) is 0 Å². The molecule has 4 nitrogen and oxygen atoms in total. The molecule has 0 atom stereocenters. The number of pyridine rings is 1. The summed E-state index contributed by atoms with van der Waals surface area (Å²) in [6.07, 6.45) is 1.85. The van der Waals surface area contributed by atoms with E-state index in [1.807, 2.05) is 32.2 Å². The van der Waals surface area contributed by atoms with E-state index in [9.17, 15) is 0 Å². The third kappa shape index (κ3) is 6.77. The number of hydrogen-bond donors (Lipinski definition) is 1. The molecule has 3 rings (SSSR count). The zero-order chi connectivity index (χ0) is 17.9. The van der Waals surface area contributed by atoms with Crippen LogP contribution in [0.25, 0.3) is 0 Å².